The Labute approximate surface area is 160 Å². The lowest BCUT2D eigenvalue weighted by Crippen LogP contribution is -2.40. The summed E-state index contributed by atoms with van der Waals surface area (Å²) in [7, 11) is 0. The normalized spacial score (nSPS) is 17.4. The Bertz CT molecular complexity index is 933. The van der Waals surface area contributed by atoms with Crippen LogP contribution in [0.25, 0.3) is 10.9 Å². The number of carbonyl (C=O) groups excluding carboxylic acids is 1. The predicted octanol–water partition coefficient (Wildman–Crippen LogP) is 4.25. The molecule has 0 bridgehead atoms. The molecule has 140 valence electrons. The number of likely N-dealkylation sites (tertiary alicyclic amines) is 1. The number of imidazole rings is 1. The first-order chi connectivity index (χ1) is 13.3. The Hall–Kier alpha value is -2.69. The number of carbonyl (C=O) groups is 1. The van der Waals surface area contributed by atoms with Crippen LogP contribution < -0.4 is 0 Å². The molecule has 3 heterocycles. The number of fused-ring (bicyclic) bond motifs is 1. The fourth-order valence-electron chi connectivity index (χ4n) is 3.92. The van der Waals surface area contributed by atoms with Crippen molar-refractivity contribution in [1.82, 2.24) is 19.4 Å². The zero-order valence-corrected chi connectivity index (χ0v) is 15.8. The van der Waals surface area contributed by atoms with Crippen LogP contribution in [0.3, 0.4) is 0 Å². The molecule has 1 amide bonds. The third-order valence-electron chi connectivity index (χ3n) is 5.39. The van der Waals surface area contributed by atoms with Gasteiger partial charge in [0.05, 0.1) is 5.52 Å². The van der Waals surface area contributed by atoms with Crippen LogP contribution in [0.1, 0.15) is 54.8 Å². The second-order valence-corrected chi connectivity index (χ2v) is 7.31. The number of aromatic nitrogens is 3. The molecule has 0 N–H and O–H groups in total. The van der Waals surface area contributed by atoms with E-state index in [4.69, 9.17) is 0 Å². The molecule has 0 spiro atoms. The maximum atomic E-state index is 13.1. The van der Waals surface area contributed by atoms with Crippen molar-refractivity contribution in [1.29, 1.82) is 0 Å². The molecule has 1 aromatic carbocycles. The third kappa shape index (κ3) is 3.72. The number of para-hydroxylation sites is 1. The Morgan fingerprint density at radius 2 is 2.11 bits per heavy atom. The molecule has 3 aromatic rings. The summed E-state index contributed by atoms with van der Waals surface area (Å²) in [5.74, 6) is 1.44. The van der Waals surface area contributed by atoms with Crippen molar-refractivity contribution in [3.63, 3.8) is 0 Å². The second kappa shape index (κ2) is 7.91. The fourth-order valence-corrected chi connectivity index (χ4v) is 3.92. The average molecular weight is 362 g/mol. The molecule has 2 aromatic heterocycles. The first kappa shape index (κ1) is 17.7. The summed E-state index contributed by atoms with van der Waals surface area (Å²) in [5.41, 5.74) is 1.40. The fraction of sp³-hybridized carbons (Fsp3) is 0.409. The first-order valence-electron chi connectivity index (χ1n) is 9.92. The molecule has 1 aliphatic rings. The lowest BCUT2D eigenvalue weighted by Gasteiger charge is -2.32. The maximum absolute atomic E-state index is 13.1. The van der Waals surface area contributed by atoms with Crippen molar-refractivity contribution in [2.45, 2.75) is 45.1 Å². The SMILES string of the molecule is CCCCn1ccnc1C1CCCN(C(=O)c2ccc3ccccc3n2)C1. The minimum absolute atomic E-state index is 0.0251. The van der Waals surface area contributed by atoms with Gasteiger partial charge in [-0.05, 0) is 31.4 Å². The van der Waals surface area contributed by atoms with E-state index < -0.39 is 0 Å². The summed E-state index contributed by atoms with van der Waals surface area (Å²) in [6.45, 7) is 4.71. The Morgan fingerprint density at radius 1 is 1.22 bits per heavy atom. The van der Waals surface area contributed by atoms with E-state index in [0.717, 1.165) is 55.6 Å². The number of pyridine rings is 1. The Balaban J connectivity index is 1.52. The molecular formula is C22H26N4O. The molecule has 5 nitrogen and oxygen atoms in total. The number of nitrogens with zero attached hydrogens (tertiary/aromatic N) is 4. The zero-order valence-electron chi connectivity index (χ0n) is 15.8. The van der Waals surface area contributed by atoms with E-state index in [1.165, 1.54) is 6.42 Å². The molecule has 5 heteroatoms. The highest BCUT2D eigenvalue weighted by atomic mass is 16.2. The van der Waals surface area contributed by atoms with E-state index in [9.17, 15) is 4.79 Å². The highest BCUT2D eigenvalue weighted by Gasteiger charge is 2.28. The monoisotopic (exact) mass is 362 g/mol. The van der Waals surface area contributed by atoms with Gasteiger partial charge in [0, 0.05) is 43.3 Å². The van der Waals surface area contributed by atoms with Gasteiger partial charge in [0.25, 0.3) is 5.91 Å². The van der Waals surface area contributed by atoms with Gasteiger partial charge in [-0.3, -0.25) is 4.79 Å². The second-order valence-electron chi connectivity index (χ2n) is 7.31. The number of amides is 1. The van der Waals surface area contributed by atoms with E-state index >= 15 is 0 Å². The molecular weight excluding hydrogens is 336 g/mol. The largest absolute Gasteiger partial charge is 0.337 e. The molecule has 1 fully saturated rings. The summed E-state index contributed by atoms with van der Waals surface area (Å²) >= 11 is 0. The molecule has 0 radical (unpaired) electrons. The average Bonchev–Trinajstić information content (AvgIpc) is 3.20. The van der Waals surface area contributed by atoms with Crippen molar-refractivity contribution >= 4 is 16.8 Å². The van der Waals surface area contributed by atoms with Gasteiger partial charge >= 0.3 is 0 Å². The quantitative estimate of drug-likeness (QED) is 0.682. The minimum atomic E-state index is 0.0251. The van der Waals surface area contributed by atoms with Gasteiger partial charge in [0.1, 0.15) is 11.5 Å². The van der Waals surface area contributed by atoms with Crippen LogP contribution in [0.4, 0.5) is 0 Å². The van der Waals surface area contributed by atoms with E-state index in [1.807, 2.05) is 47.5 Å². The van der Waals surface area contributed by atoms with Crippen molar-refractivity contribution in [3.05, 3.63) is 60.3 Å². The van der Waals surface area contributed by atoms with E-state index in [0.29, 0.717) is 11.6 Å². The standard InChI is InChI=1S/C22H26N4O/c1-2-3-13-25-15-12-23-21(25)18-8-6-14-26(16-18)22(27)20-11-10-17-7-4-5-9-19(17)24-20/h4-5,7,9-12,15,18H,2-3,6,8,13-14,16H2,1H3. The summed E-state index contributed by atoms with van der Waals surface area (Å²) in [5, 5.41) is 1.06. The van der Waals surface area contributed by atoms with Crippen LogP contribution in [0.2, 0.25) is 0 Å². The highest BCUT2D eigenvalue weighted by molar-refractivity contribution is 5.95. The van der Waals surface area contributed by atoms with Gasteiger partial charge in [-0.15, -0.1) is 0 Å². The van der Waals surface area contributed by atoms with Gasteiger partial charge < -0.3 is 9.47 Å². The van der Waals surface area contributed by atoms with Crippen molar-refractivity contribution in [2.75, 3.05) is 13.1 Å². The lowest BCUT2D eigenvalue weighted by molar-refractivity contribution is 0.0697. The number of hydrogen-bond donors (Lipinski definition) is 0. The number of hydrogen-bond acceptors (Lipinski definition) is 3. The number of aryl methyl sites for hydroxylation is 1. The summed E-state index contributed by atoms with van der Waals surface area (Å²) in [6.07, 6.45) is 8.36. The molecule has 1 aliphatic heterocycles. The van der Waals surface area contributed by atoms with Crippen LogP contribution in [0, 0.1) is 0 Å². The van der Waals surface area contributed by atoms with E-state index in [-0.39, 0.29) is 5.91 Å². The summed E-state index contributed by atoms with van der Waals surface area (Å²) in [6, 6.07) is 11.7. The van der Waals surface area contributed by atoms with Crippen molar-refractivity contribution in [2.24, 2.45) is 0 Å². The summed E-state index contributed by atoms with van der Waals surface area (Å²) < 4.78 is 2.26. The number of rotatable bonds is 5. The van der Waals surface area contributed by atoms with Gasteiger partial charge in [-0.2, -0.15) is 0 Å². The lowest BCUT2D eigenvalue weighted by atomic mass is 9.96. The van der Waals surface area contributed by atoms with Crippen molar-refractivity contribution < 1.29 is 4.79 Å². The Kier molecular flexibility index (Phi) is 5.19. The minimum Gasteiger partial charge on any atom is -0.337 e. The van der Waals surface area contributed by atoms with E-state index in [1.54, 1.807) is 0 Å². The van der Waals surface area contributed by atoms with Crippen molar-refractivity contribution in [3.8, 4) is 0 Å². The topological polar surface area (TPSA) is 51.0 Å². The van der Waals surface area contributed by atoms with Gasteiger partial charge in [-0.25, -0.2) is 9.97 Å². The highest BCUT2D eigenvalue weighted by Crippen LogP contribution is 2.27. The predicted molar refractivity (Wildman–Crippen MR) is 107 cm³/mol. The Morgan fingerprint density at radius 3 is 3.00 bits per heavy atom. The molecule has 1 saturated heterocycles. The number of piperidine rings is 1. The van der Waals surface area contributed by atoms with Gasteiger partial charge in [0.15, 0.2) is 0 Å². The van der Waals surface area contributed by atoms with Crippen LogP contribution in [0.15, 0.2) is 48.8 Å². The first-order valence-corrected chi connectivity index (χ1v) is 9.92. The maximum Gasteiger partial charge on any atom is 0.272 e. The zero-order chi connectivity index (χ0) is 18.6. The molecule has 0 aliphatic carbocycles. The van der Waals surface area contributed by atoms with E-state index in [2.05, 4.69) is 27.7 Å². The van der Waals surface area contributed by atoms with Gasteiger partial charge in [0.2, 0.25) is 0 Å². The van der Waals surface area contributed by atoms with Crippen LogP contribution in [-0.4, -0.2) is 38.4 Å². The number of benzene rings is 1. The smallest absolute Gasteiger partial charge is 0.272 e. The molecule has 1 unspecified atom stereocenters. The number of unbranched alkanes of at least 4 members (excludes halogenated alkanes) is 1. The third-order valence-corrected chi connectivity index (χ3v) is 5.39. The molecule has 1 atom stereocenters. The van der Waals surface area contributed by atoms with Crippen LogP contribution >= 0.6 is 0 Å². The molecule has 27 heavy (non-hydrogen) atoms. The molecule has 0 saturated carbocycles. The molecule has 4 rings (SSSR count). The van der Waals surface area contributed by atoms with Crippen LogP contribution in [-0.2, 0) is 6.54 Å². The van der Waals surface area contributed by atoms with Gasteiger partial charge in [-0.1, -0.05) is 37.6 Å². The van der Waals surface area contributed by atoms with Crippen LogP contribution in [0.5, 0.6) is 0 Å². The summed E-state index contributed by atoms with van der Waals surface area (Å²) in [4.78, 5) is 24.2.